The van der Waals surface area contributed by atoms with Gasteiger partial charge in [0.15, 0.2) is 0 Å². The van der Waals surface area contributed by atoms with E-state index < -0.39 is 23.7 Å². The van der Waals surface area contributed by atoms with Gasteiger partial charge in [-0.2, -0.15) is 0 Å². The lowest BCUT2D eigenvalue weighted by atomic mass is 10.2. The zero-order valence-corrected chi connectivity index (χ0v) is 14.2. The maximum absolute atomic E-state index is 11.6. The van der Waals surface area contributed by atoms with E-state index >= 15 is 0 Å². The van der Waals surface area contributed by atoms with Gasteiger partial charge in [0.1, 0.15) is 17.4 Å². The lowest BCUT2D eigenvalue weighted by Gasteiger charge is -2.21. The van der Waals surface area contributed by atoms with Gasteiger partial charge in [-0.05, 0) is 32.9 Å². The van der Waals surface area contributed by atoms with Crippen LogP contribution in [0.2, 0.25) is 5.02 Å². The minimum absolute atomic E-state index is 0.144. The van der Waals surface area contributed by atoms with E-state index in [1.54, 1.807) is 39.0 Å². The molecule has 0 saturated heterocycles. The number of carboxylic acid groups (broad SMARTS) is 1. The van der Waals surface area contributed by atoms with E-state index in [9.17, 15) is 14.7 Å². The van der Waals surface area contributed by atoms with Crippen LogP contribution in [-0.2, 0) is 9.53 Å². The predicted molar refractivity (Wildman–Crippen MR) is 87.3 cm³/mol. The number of carbonyl (C=O) groups is 2. The van der Waals surface area contributed by atoms with Crippen LogP contribution in [0.4, 0.5) is 10.5 Å². The summed E-state index contributed by atoms with van der Waals surface area (Å²) in [4.78, 5) is 22.9. The molecule has 0 radical (unpaired) electrons. The standard InChI is InChI=1S/C15H21ClN2O5/c1-15(2,3)23-14(21)17-8-11(13(19)20)18-9-5-6-10(16)12(7-9)22-4/h5-7,11,18H,8H2,1-4H3,(H,17,21)(H,19,20)/t11-/m0/s1. The number of benzene rings is 1. The van der Waals surface area contributed by atoms with Gasteiger partial charge in [-0.1, -0.05) is 11.6 Å². The Kier molecular flexibility index (Phi) is 6.50. The maximum Gasteiger partial charge on any atom is 0.407 e. The summed E-state index contributed by atoms with van der Waals surface area (Å²) in [5.41, 5.74) is -0.149. The van der Waals surface area contributed by atoms with Gasteiger partial charge in [-0.15, -0.1) is 0 Å². The normalized spacial score (nSPS) is 12.2. The largest absolute Gasteiger partial charge is 0.495 e. The number of anilines is 1. The van der Waals surface area contributed by atoms with Crippen molar-refractivity contribution in [3.8, 4) is 5.75 Å². The van der Waals surface area contributed by atoms with Gasteiger partial charge in [0.25, 0.3) is 0 Å². The molecule has 0 bridgehead atoms. The summed E-state index contributed by atoms with van der Waals surface area (Å²) in [6.45, 7) is 5.02. The summed E-state index contributed by atoms with van der Waals surface area (Å²) in [6, 6.07) is 3.75. The Balaban J connectivity index is 2.69. The van der Waals surface area contributed by atoms with Crippen molar-refractivity contribution in [3.05, 3.63) is 23.2 Å². The molecule has 0 spiro atoms. The highest BCUT2D eigenvalue weighted by molar-refractivity contribution is 6.32. The number of aliphatic carboxylic acids is 1. The topological polar surface area (TPSA) is 96.9 Å². The number of nitrogens with one attached hydrogen (secondary N) is 2. The third-order valence-electron chi connectivity index (χ3n) is 2.64. The summed E-state index contributed by atoms with van der Waals surface area (Å²) in [5.74, 6) is -0.698. The summed E-state index contributed by atoms with van der Waals surface area (Å²) >= 11 is 5.92. The fourth-order valence-corrected chi connectivity index (χ4v) is 1.85. The molecule has 3 N–H and O–H groups in total. The molecular weight excluding hydrogens is 324 g/mol. The minimum Gasteiger partial charge on any atom is -0.495 e. The molecule has 8 heteroatoms. The highest BCUT2D eigenvalue weighted by Gasteiger charge is 2.21. The average molecular weight is 345 g/mol. The fraction of sp³-hybridized carbons (Fsp3) is 0.467. The molecule has 0 unspecified atom stereocenters. The molecule has 0 saturated carbocycles. The Morgan fingerprint density at radius 1 is 1.35 bits per heavy atom. The van der Waals surface area contributed by atoms with Crippen LogP contribution in [-0.4, -0.2) is 42.5 Å². The molecule has 1 rings (SSSR count). The highest BCUT2D eigenvalue weighted by Crippen LogP contribution is 2.27. The Morgan fingerprint density at radius 2 is 2.00 bits per heavy atom. The highest BCUT2D eigenvalue weighted by atomic mass is 35.5. The van der Waals surface area contributed by atoms with Crippen LogP contribution in [0.1, 0.15) is 20.8 Å². The van der Waals surface area contributed by atoms with Crippen molar-refractivity contribution in [1.29, 1.82) is 0 Å². The SMILES string of the molecule is COc1cc(N[C@@H](CNC(=O)OC(C)(C)C)C(=O)O)ccc1Cl. The fourth-order valence-electron chi connectivity index (χ4n) is 1.65. The van der Waals surface area contributed by atoms with Crippen molar-refractivity contribution >= 4 is 29.4 Å². The Bertz CT molecular complexity index is 571. The number of carboxylic acids is 1. The summed E-state index contributed by atoms with van der Waals surface area (Å²) in [7, 11) is 1.46. The number of hydrogen-bond donors (Lipinski definition) is 3. The van der Waals surface area contributed by atoms with Crippen LogP contribution in [0.25, 0.3) is 0 Å². The van der Waals surface area contributed by atoms with Gasteiger partial charge in [0, 0.05) is 11.8 Å². The van der Waals surface area contributed by atoms with Crippen molar-refractivity contribution in [3.63, 3.8) is 0 Å². The molecule has 0 aliphatic carbocycles. The summed E-state index contributed by atoms with van der Waals surface area (Å²) in [5, 5.41) is 14.9. The first kappa shape index (κ1) is 18.9. The van der Waals surface area contributed by atoms with Crippen LogP contribution in [0, 0.1) is 0 Å². The predicted octanol–water partition coefficient (Wildman–Crippen LogP) is 2.74. The number of rotatable bonds is 6. The van der Waals surface area contributed by atoms with E-state index in [4.69, 9.17) is 21.1 Å². The minimum atomic E-state index is -1.12. The van der Waals surface area contributed by atoms with Gasteiger partial charge in [-0.3, -0.25) is 0 Å². The number of alkyl carbamates (subject to hydrolysis) is 1. The second kappa shape index (κ2) is 7.92. The van der Waals surface area contributed by atoms with Gasteiger partial charge < -0.3 is 25.2 Å². The smallest absolute Gasteiger partial charge is 0.407 e. The average Bonchev–Trinajstić information content (AvgIpc) is 2.42. The number of ether oxygens (including phenoxy) is 2. The van der Waals surface area contributed by atoms with Crippen molar-refractivity contribution < 1.29 is 24.2 Å². The van der Waals surface area contributed by atoms with Gasteiger partial charge in [0.2, 0.25) is 0 Å². The molecule has 0 aliphatic heterocycles. The molecule has 23 heavy (non-hydrogen) atoms. The Hall–Kier alpha value is -2.15. The van der Waals surface area contributed by atoms with Crippen LogP contribution in [0.15, 0.2) is 18.2 Å². The molecule has 1 aromatic carbocycles. The Morgan fingerprint density at radius 3 is 2.52 bits per heavy atom. The van der Waals surface area contributed by atoms with Crippen molar-refractivity contribution in [2.24, 2.45) is 0 Å². The lowest BCUT2D eigenvalue weighted by Crippen LogP contribution is -2.43. The molecule has 1 amide bonds. The first-order valence-electron chi connectivity index (χ1n) is 6.92. The number of halogens is 1. The van der Waals surface area contributed by atoms with Crippen molar-refractivity contribution in [1.82, 2.24) is 5.32 Å². The van der Waals surface area contributed by atoms with Gasteiger partial charge in [-0.25, -0.2) is 9.59 Å². The Labute approximate surface area is 139 Å². The lowest BCUT2D eigenvalue weighted by molar-refractivity contribution is -0.137. The van der Waals surface area contributed by atoms with Crippen LogP contribution in [0.5, 0.6) is 5.75 Å². The summed E-state index contributed by atoms with van der Waals surface area (Å²) < 4.78 is 10.1. The molecule has 0 fully saturated rings. The number of amides is 1. The van der Waals surface area contributed by atoms with Crippen molar-refractivity contribution in [2.45, 2.75) is 32.4 Å². The van der Waals surface area contributed by atoms with E-state index in [2.05, 4.69) is 10.6 Å². The van der Waals surface area contributed by atoms with E-state index in [0.717, 1.165) is 0 Å². The molecule has 1 atom stereocenters. The van der Waals surface area contributed by atoms with E-state index in [0.29, 0.717) is 16.5 Å². The van der Waals surface area contributed by atoms with Crippen LogP contribution >= 0.6 is 11.6 Å². The monoisotopic (exact) mass is 344 g/mol. The number of methoxy groups -OCH3 is 1. The molecule has 128 valence electrons. The molecule has 0 aromatic heterocycles. The zero-order valence-electron chi connectivity index (χ0n) is 13.5. The van der Waals surface area contributed by atoms with Gasteiger partial charge >= 0.3 is 12.1 Å². The second-order valence-corrected chi connectivity index (χ2v) is 6.17. The van der Waals surface area contributed by atoms with Crippen molar-refractivity contribution in [2.75, 3.05) is 19.0 Å². The van der Waals surface area contributed by atoms with E-state index in [1.165, 1.54) is 7.11 Å². The first-order valence-corrected chi connectivity index (χ1v) is 7.30. The number of hydrogen-bond acceptors (Lipinski definition) is 5. The quantitative estimate of drug-likeness (QED) is 0.734. The first-order chi connectivity index (χ1) is 10.6. The maximum atomic E-state index is 11.6. The zero-order chi connectivity index (χ0) is 17.6. The second-order valence-electron chi connectivity index (χ2n) is 5.77. The van der Waals surface area contributed by atoms with Crippen LogP contribution < -0.4 is 15.4 Å². The summed E-state index contributed by atoms with van der Waals surface area (Å²) in [6.07, 6.45) is -0.681. The third kappa shape index (κ3) is 6.65. The molecule has 1 aromatic rings. The molecule has 0 aliphatic rings. The van der Waals surface area contributed by atoms with E-state index in [-0.39, 0.29) is 6.54 Å². The third-order valence-corrected chi connectivity index (χ3v) is 2.95. The van der Waals surface area contributed by atoms with Gasteiger partial charge in [0.05, 0.1) is 18.7 Å². The molecular formula is C15H21ClN2O5. The van der Waals surface area contributed by atoms with E-state index in [1.807, 2.05) is 0 Å². The number of carbonyl (C=O) groups excluding carboxylic acids is 1. The molecule has 0 heterocycles. The van der Waals surface area contributed by atoms with Crippen LogP contribution in [0.3, 0.4) is 0 Å². The molecule has 7 nitrogen and oxygen atoms in total.